The number of aryl methyl sites for hydroxylation is 3. The van der Waals surface area contributed by atoms with Crippen LogP contribution in [-0.2, 0) is 19.9 Å². The fraction of sp³-hybridized carbons (Fsp3) is 0.400. The Morgan fingerprint density at radius 3 is 2.60 bits per heavy atom. The molecule has 1 N–H and O–H groups in total. The van der Waals surface area contributed by atoms with Gasteiger partial charge in [0.15, 0.2) is 0 Å². The number of aliphatic hydroxyl groups is 1. The van der Waals surface area contributed by atoms with E-state index in [-0.39, 0.29) is 0 Å². The highest BCUT2D eigenvalue weighted by atomic mass is 35.5. The van der Waals surface area contributed by atoms with Crippen LogP contribution in [0.1, 0.15) is 35.5 Å². The first-order valence-electron chi connectivity index (χ1n) is 6.59. The standard InChI is InChI=1S/C15H18Cl2N2O/c1-4-11-15(17)12(19(3)18-11)8-13(20)10-7-5-6-9(2)14(10)16/h5-7,13,20H,4,8H2,1-3H3. The molecule has 20 heavy (non-hydrogen) atoms. The SMILES string of the molecule is CCc1nn(C)c(CC(O)c2cccc(C)c2Cl)c1Cl. The summed E-state index contributed by atoms with van der Waals surface area (Å²) in [6.07, 6.45) is 0.472. The maximum absolute atomic E-state index is 10.4. The smallest absolute Gasteiger partial charge is 0.0860 e. The molecule has 1 heterocycles. The number of aliphatic hydroxyl groups excluding tert-OH is 1. The molecule has 0 spiro atoms. The van der Waals surface area contributed by atoms with E-state index in [0.717, 1.165) is 28.9 Å². The number of nitrogens with zero attached hydrogens (tertiary/aromatic N) is 2. The Bertz CT molecular complexity index is 623. The van der Waals surface area contributed by atoms with E-state index in [1.165, 1.54) is 0 Å². The summed E-state index contributed by atoms with van der Waals surface area (Å²) in [5.41, 5.74) is 3.36. The van der Waals surface area contributed by atoms with Crippen molar-refractivity contribution in [1.29, 1.82) is 0 Å². The molecule has 0 saturated heterocycles. The summed E-state index contributed by atoms with van der Waals surface area (Å²) in [5, 5.41) is 16.0. The molecule has 1 unspecified atom stereocenters. The van der Waals surface area contributed by atoms with Crippen molar-refractivity contribution in [3.05, 3.63) is 50.8 Å². The minimum atomic E-state index is -0.694. The zero-order valence-corrected chi connectivity index (χ0v) is 13.3. The fourth-order valence-electron chi connectivity index (χ4n) is 2.26. The molecule has 1 atom stereocenters. The van der Waals surface area contributed by atoms with Crippen molar-refractivity contribution in [1.82, 2.24) is 9.78 Å². The Morgan fingerprint density at radius 2 is 2.00 bits per heavy atom. The monoisotopic (exact) mass is 312 g/mol. The van der Waals surface area contributed by atoms with Crippen molar-refractivity contribution in [3.63, 3.8) is 0 Å². The summed E-state index contributed by atoms with van der Waals surface area (Å²) in [5.74, 6) is 0. The van der Waals surface area contributed by atoms with Crippen LogP contribution in [0.15, 0.2) is 18.2 Å². The van der Waals surface area contributed by atoms with Gasteiger partial charge in [0.25, 0.3) is 0 Å². The Balaban J connectivity index is 2.30. The lowest BCUT2D eigenvalue weighted by Gasteiger charge is -2.14. The molecule has 2 rings (SSSR count). The number of hydrogen-bond acceptors (Lipinski definition) is 2. The van der Waals surface area contributed by atoms with Gasteiger partial charge in [-0.25, -0.2) is 0 Å². The molecule has 0 amide bonds. The highest BCUT2D eigenvalue weighted by molar-refractivity contribution is 6.32. The van der Waals surface area contributed by atoms with Gasteiger partial charge in [0.05, 0.1) is 22.5 Å². The van der Waals surface area contributed by atoms with Crippen LogP contribution in [0.4, 0.5) is 0 Å². The summed E-state index contributed by atoms with van der Waals surface area (Å²) in [7, 11) is 1.84. The van der Waals surface area contributed by atoms with E-state index in [1.54, 1.807) is 4.68 Å². The Labute approximate surface area is 129 Å². The molecule has 0 fully saturated rings. The Hall–Kier alpha value is -1.03. The zero-order valence-electron chi connectivity index (χ0n) is 11.8. The van der Waals surface area contributed by atoms with Gasteiger partial charge in [-0.05, 0) is 24.5 Å². The number of rotatable bonds is 4. The van der Waals surface area contributed by atoms with Gasteiger partial charge in [-0.3, -0.25) is 4.68 Å². The Kier molecular flexibility index (Phi) is 4.74. The Morgan fingerprint density at radius 1 is 1.30 bits per heavy atom. The van der Waals surface area contributed by atoms with Gasteiger partial charge >= 0.3 is 0 Å². The van der Waals surface area contributed by atoms with Gasteiger partial charge < -0.3 is 5.11 Å². The predicted octanol–water partition coefficient (Wildman–Crippen LogP) is 3.87. The highest BCUT2D eigenvalue weighted by Crippen LogP contribution is 2.31. The molecule has 1 aromatic heterocycles. The van der Waals surface area contributed by atoms with Crippen LogP contribution in [-0.4, -0.2) is 14.9 Å². The van der Waals surface area contributed by atoms with Crippen LogP contribution in [0.25, 0.3) is 0 Å². The van der Waals surface area contributed by atoms with Crippen LogP contribution >= 0.6 is 23.2 Å². The molecule has 0 aliphatic heterocycles. The van der Waals surface area contributed by atoms with Crippen molar-refractivity contribution < 1.29 is 5.11 Å². The summed E-state index contributed by atoms with van der Waals surface area (Å²) in [6, 6.07) is 5.65. The van der Waals surface area contributed by atoms with Crippen molar-refractivity contribution >= 4 is 23.2 Å². The zero-order chi connectivity index (χ0) is 14.9. The number of benzene rings is 1. The van der Waals surface area contributed by atoms with Crippen molar-refractivity contribution in [3.8, 4) is 0 Å². The number of halogens is 2. The number of hydrogen-bond donors (Lipinski definition) is 1. The summed E-state index contributed by atoms with van der Waals surface area (Å²) in [6.45, 7) is 3.93. The second kappa shape index (κ2) is 6.17. The summed E-state index contributed by atoms with van der Waals surface area (Å²) < 4.78 is 1.73. The average Bonchev–Trinajstić information content (AvgIpc) is 2.69. The summed E-state index contributed by atoms with van der Waals surface area (Å²) >= 11 is 12.6. The molecule has 0 radical (unpaired) electrons. The average molecular weight is 313 g/mol. The van der Waals surface area contributed by atoms with Gasteiger partial charge in [-0.2, -0.15) is 5.10 Å². The van der Waals surface area contributed by atoms with E-state index in [0.29, 0.717) is 16.5 Å². The second-order valence-electron chi connectivity index (χ2n) is 4.88. The van der Waals surface area contributed by atoms with Crippen molar-refractivity contribution in [2.75, 3.05) is 0 Å². The lowest BCUT2D eigenvalue weighted by atomic mass is 10.0. The normalized spacial score (nSPS) is 12.7. The first kappa shape index (κ1) is 15.4. The van der Waals surface area contributed by atoms with Gasteiger partial charge in [-0.15, -0.1) is 0 Å². The molecule has 0 saturated carbocycles. The predicted molar refractivity (Wildman–Crippen MR) is 82.4 cm³/mol. The molecule has 0 aliphatic carbocycles. The van der Waals surface area contributed by atoms with E-state index in [1.807, 2.05) is 39.1 Å². The van der Waals surface area contributed by atoms with Crippen LogP contribution in [0, 0.1) is 6.92 Å². The van der Waals surface area contributed by atoms with Gasteiger partial charge in [0.2, 0.25) is 0 Å². The van der Waals surface area contributed by atoms with Crippen molar-refractivity contribution in [2.45, 2.75) is 32.8 Å². The summed E-state index contributed by atoms with van der Waals surface area (Å²) in [4.78, 5) is 0. The lowest BCUT2D eigenvalue weighted by molar-refractivity contribution is 0.176. The molecule has 0 bridgehead atoms. The van der Waals surface area contributed by atoms with Gasteiger partial charge in [0.1, 0.15) is 0 Å². The van der Waals surface area contributed by atoms with Gasteiger partial charge in [-0.1, -0.05) is 48.3 Å². The third kappa shape index (κ3) is 2.85. The van der Waals surface area contributed by atoms with Crippen LogP contribution in [0.5, 0.6) is 0 Å². The molecular weight excluding hydrogens is 295 g/mol. The molecule has 3 nitrogen and oxygen atoms in total. The van der Waals surface area contributed by atoms with E-state index in [2.05, 4.69) is 5.10 Å². The van der Waals surface area contributed by atoms with Crippen LogP contribution in [0.3, 0.4) is 0 Å². The minimum Gasteiger partial charge on any atom is -0.388 e. The molecule has 1 aromatic carbocycles. The molecule has 108 valence electrons. The molecule has 2 aromatic rings. The number of aromatic nitrogens is 2. The van der Waals surface area contributed by atoms with Crippen molar-refractivity contribution in [2.24, 2.45) is 7.05 Å². The first-order chi connectivity index (χ1) is 9.45. The van der Waals surface area contributed by atoms with E-state index >= 15 is 0 Å². The maximum atomic E-state index is 10.4. The molecule has 5 heteroatoms. The minimum absolute atomic E-state index is 0.394. The van der Waals surface area contributed by atoms with E-state index in [9.17, 15) is 5.11 Å². The second-order valence-corrected chi connectivity index (χ2v) is 5.64. The maximum Gasteiger partial charge on any atom is 0.0860 e. The van der Waals surface area contributed by atoms with Gasteiger partial charge in [0, 0.05) is 18.5 Å². The van der Waals surface area contributed by atoms with E-state index in [4.69, 9.17) is 23.2 Å². The highest BCUT2D eigenvalue weighted by Gasteiger charge is 2.19. The van der Waals surface area contributed by atoms with E-state index < -0.39 is 6.10 Å². The third-order valence-electron chi connectivity index (χ3n) is 3.47. The molecular formula is C15H18Cl2N2O. The fourth-order valence-corrected chi connectivity index (χ4v) is 2.88. The van der Waals surface area contributed by atoms with Crippen LogP contribution in [0.2, 0.25) is 10.0 Å². The lowest BCUT2D eigenvalue weighted by Crippen LogP contribution is -2.07. The third-order valence-corrected chi connectivity index (χ3v) is 4.42. The topological polar surface area (TPSA) is 38.0 Å². The first-order valence-corrected chi connectivity index (χ1v) is 7.34. The van der Waals surface area contributed by atoms with Crippen LogP contribution < -0.4 is 0 Å². The largest absolute Gasteiger partial charge is 0.388 e. The molecule has 0 aliphatic rings. The quantitative estimate of drug-likeness (QED) is 0.930.